The summed E-state index contributed by atoms with van der Waals surface area (Å²) in [5.74, 6) is -0.520. The molecule has 0 saturated carbocycles. The Kier molecular flexibility index (Phi) is 9.09. The van der Waals surface area contributed by atoms with Crippen molar-refractivity contribution in [1.82, 2.24) is 10.3 Å². The molecule has 0 aliphatic carbocycles. The van der Waals surface area contributed by atoms with Crippen molar-refractivity contribution in [2.24, 2.45) is 5.73 Å². The number of pyridine rings is 1. The number of rotatable bonds is 11. The van der Waals surface area contributed by atoms with Crippen LogP contribution in [0.1, 0.15) is 35.2 Å². The third-order valence-electron chi connectivity index (χ3n) is 4.51. The van der Waals surface area contributed by atoms with E-state index < -0.39 is 23.8 Å². The fourth-order valence-electron chi connectivity index (χ4n) is 2.88. The maximum Gasteiger partial charge on any atom is 0.417 e. The number of carboxylic acid groups (broad SMARTS) is 1. The van der Waals surface area contributed by atoms with E-state index in [1.165, 1.54) is 6.07 Å². The second-order valence-electron chi connectivity index (χ2n) is 7.14. The Morgan fingerprint density at radius 3 is 2.65 bits per heavy atom. The molecule has 0 radical (unpaired) electrons. The Balaban J connectivity index is 1.70. The van der Waals surface area contributed by atoms with E-state index in [4.69, 9.17) is 27.2 Å². The van der Waals surface area contributed by atoms with Crippen molar-refractivity contribution in [3.8, 4) is 5.75 Å². The molecule has 0 spiro atoms. The summed E-state index contributed by atoms with van der Waals surface area (Å²) in [4.78, 5) is 14.7. The van der Waals surface area contributed by atoms with Crippen LogP contribution < -0.4 is 15.8 Å². The van der Waals surface area contributed by atoms with E-state index in [1.807, 2.05) is 13.0 Å². The van der Waals surface area contributed by atoms with E-state index in [0.717, 1.165) is 36.2 Å². The lowest BCUT2D eigenvalue weighted by Gasteiger charge is -2.14. The number of ether oxygens (including phenoxy) is 1. The molecule has 170 valence electrons. The number of carboxylic acids is 1. The lowest BCUT2D eigenvalue weighted by Crippen LogP contribution is -2.32. The molecule has 1 aromatic heterocycles. The molecule has 1 heterocycles. The summed E-state index contributed by atoms with van der Waals surface area (Å²) < 4.78 is 43.3. The molecule has 0 fully saturated rings. The van der Waals surface area contributed by atoms with Crippen LogP contribution in [0.5, 0.6) is 5.75 Å². The standard InChI is InChI=1S/C21H25ClF3N3O3/c1-13-8-14(10-18(26)20(29)30)9-17(22)19(13)31-7-3-2-6-27-12-16-5-4-15(11-28-16)21(23,24)25/h4-5,8-9,11,18,27H,2-3,6-7,10,12,26H2,1H3,(H,29,30)/t18-/m0/s1. The van der Waals surface area contributed by atoms with Crippen molar-refractivity contribution in [2.45, 2.75) is 44.9 Å². The summed E-state index contributed by atoms with van der Waals surface area (Å²) in [6.07, 6.45) is -1.84. The van der Waals surface area contributed by atoms with Gasteiger partial charge in [0, 0.05) is 12.7 Å². The topological polar surface area (TPSA) is 97.5 Å². The van der Waals surface area contributed by atoms with Crippen LogP contribution in [-0.4, -0.2) is 35.3 Å². The third-order valence-corrected chi connectivity index (χ3v) is 4.80. The molecule has 0 unspecified atom stereocenters. The van der Waals surface area contributed by atoms with Crippen molar-refractivity contribution >= 4 is 17.6 Å². The Hall–Kier alpha value is -2.36. The van der Waals surface area contributed by atoms with Crippen LogP contribution in [0.3, 0.4) is 0 Å². The number of aromatic nitrogens is 1. The van der Waals surface area contributed by atoms with Crippen LogP contribution in [0.15, 0.2) is 30.5 Å². The molecule has 31 heavy (non-hydrogen) atoms. The monoisotopic (exact) mass is 459 g/mol. The molecule has 0 amide bonds. The van der Waals surface area contributed by atoms with Crippen molar-refractivity contribution < 1.29 is 27.8 Å². The van der Waals surface area contributed by atoms with Gasteiger partial charge in [0.25, 0.3) is 0 Å². The van der Waals surface area contributed by atoms with Crippen molar-refractivity contribution in [3.63, 3.8) is 0 Å². The molecule has 4 N–H and O–H groups in total. The quantitative estimate of drug-likeness (QED) is 0.440. The van der Waals surface area contributed by atoms with Gasteiger partial charge < -0.3 is 20.9 Å². The highest BCUT2D eigenvalue weighted by atomic mass is 35.5. The molecule has 1 aromatic carbocycles. The molecule has 0 aliphatic heterocycles. The minimum absolute atomic E-state index is 0.176. The second-order valence-corrected chi connectivity index (χ2v) is 7.55. The molecule has 0 aliphatic rings. The van der Waals surface area contributed by atoms with Gasteiger partial charge in [0.2, 0.25) is 0 Å². The van der Waals surface area contributed by atoms with E-state index >= 15 is 0 Å². The zero-order valence-corrected chi connectivity index (χ0v) is 17.8. The SMILES string of the molecule is Cc1cc(C[C@H](N)C(=O)O)cc(Cl)c1OCCCCNCc1ccc(C(F)(F)F)cn1. The van der Waals surface area contributed by atoms with Gasteiger partial charge in [-0.15, -0.1) is 0 Å². The number of nitrogens with zero attached hydrogens (tertiary/aromatic N) is 1. The number of nitrogens with one attached hydrogen (secondary N) is 1. The molecule has 2 aromatic rings. The minimum Gasteiger partial charge on any atom is -0.492 e. The van der Waals surface area contributed by atoms with Gasteiger partial charge in [-0.2, -0.15) is 13.2 Å². The zero-order chi connectivity index (χ0) is 23.0. The van der Waals surface area contributed by atoms with Crippen LogP contribution in [0.2, 0.25) is 5.02 Å². The van der Waals surface area contributed by atoms with Crippen molar-refractivity contribution in [2.75, 3.05) is 13.2 Å². The van der Waals surface area contributed by atoms with Gasteiger partial charge in [-0.25, -0.2) is 0 Å². The van der Waals surface area contributed by atoms with Crippen molar-refractivity contribution in [1.29, 1.82) is 0 Å². The molecule has 10 heteroatoms. The first-order valence-electron chi connectivity index (χ1n) is 9.71. The number of hydrogen-bond acceptors (Lipinski definition) is 5. The largest absolute Gasteiger partial charge is 0.492 e. The smallest absolute Gasteiger partial charge is 0.417 e. The predicted molar refractivity (Wildman–Crippen MR) is 111 cm³/mol. The summed E-state index contributed by atoms with van der Waals surface area (Å²) in [7, 11) is 0. The molecule has 0 bridgehead atoms. The fraction of sp³-hybridized carbons (Fsp3) is 0.429. The van der Waals surface area contributed by atoms with Gasteiger partial charge >= 0.3 is 12.1 Å². The van der Waals surface area contributed by atoms with E-state index in [9.17, 15) is 18.0 Å². The van der Waals surface area contributed by atoms with Crippen LogP contribution >= 0.6 is 11.6 Å². The first-order valence-corrected chi connectivity index (χ1v) is 10.1. The average Bonchev–Trinajstić information content (AvgIpc) is 2.68. The third kappa shape index (κ3) is 8.01. The number of aliphatic carboxylic acids is 1. The Labute approximate surface area is 183 Å². The molecular weight excluding hydrogens is 435 g/mol. The number of unbranched alkanes of at least 4 members (excludes halogenated alkanes) is 1. The number of aryl methyl sites for hydroxylation is 1. The first-order chi connectivity index (χ1) is 14.6. The fourth-order valence-corrected chi connectivity index (χ4v) is 3.23. The molecule has 2 rings (SSSR count). The van der Waals surface area contributed by atoms with Crippen LogP contribution in [-0.2, 0) is 23.9 Å². The van der Waals surface area contributed by atoms with E-state index in [2.05, 4.69) is 10.3 Å². The molecular formula is C21H25ClF3N3O3. The van der Waals surface area contributed by atoms with Crippen LogP contribution in [0.4, 0.5) is 13.2 Å². The van der Waals surface area contributed by atoms with Crippen LogP contribution in [0, 0.1) is 6.92 Å². The van der Waals surface area contributed by atoms with Gasteiger partial charge in [0.1, 0.15) is 11.8 Å². The summed E-state index contributed by atoms with van der Waals surface area (Å²) in [5, 5.41) is 12.4. The van der Waals surface area contributed by atoms with E-state index in [1.54, 1.807) is 6.07 Å². The first kappa shape index (κ1) is 24.9. The van der Waals surface area contributed by atoms with Gasteiger partial charge in [0.15, 0.2) is 0 Å². The Bertz CT molecular complexity index is 853. The van der Waals surface area contributed by atoms with Gasteiger partial charge in [0.05, 0.1) is 22.9 Å². The highest BCUT2D eigenvalue weighted by Gasteiger charge is 2.30. The summed E-state index contributed by atoms with van der Waals surface area (Å²) in [6.45, 7) is 3.30. The summed E-state index contributed by atoms with van der Waals surface area (Å²) >= 11 is 6.26. The minimum atomic E-state index is -4.38. The number of benzene rings is 1. The highest BCUT2D eigenvalue weighted by Crippen LogP contribution is 2.31. The van der Waals surface area contributed by atoms with Crippen LogP contribution in [0.25, 0.3) is 0 Å². The summed E-state index contributed by atoms with van der Waals surface area (Å²) in [5.41, 5.74) is 6.85. The number of halogens is 4. The Morgan fingerprint density at radius 1 is 1.32 bits per heavy atom. The lowest BCUT2D eigenvalue weighted by molar-refractivity contribution is -0.139. The number of nitrogens with two attached hydrogens (primary N) is 1. The maximum absolute atomic E-state index is 12.5. The molecule has 0 saturated heterocycles. The highest BCUT2D eigenvalue weighted by molar-refractivity contribution is 6.32. The molecule has 1 atom stereocenters. The second kappa shape index (κ2) is 11.3. The predicted octanol–water partition coefficient (Wildman–Crippen LogP) is 3.97. The van der Waals surface area contributed by atoms with Gasteiger partial charge in [-0.1, -0.05) is 17.7 Å². The lowest BCUT2D eigenvalue weighted by atomic mass is 10.0. The Morgan fingerprint density at radius 2 is 2.06 bits per heavy atom. The van der Waals surface area contributed by atoms with Crippen molar-refractivity contribution in [3.05, 3.63) is 57.9 Å². The maximum atomic E-state index is 12.5. The normalized spacial score (nSPS) is 12.6. The van der Waals surface area contributed by atoms with Gasteiger partial charge in [-0.05, 0) is 62.1 Å². The van der Waals surface area contributed by atoms with Gasteiger partial charge in [-0.3, -0.25) is 9.78 Å². The van der Waals surface area contributed by atoms with E-state index in [-0.39, 0.29) is 6.42 Å². The number of carbonyl (C=O) groups is 1. The molecule has 6 nitrogen and oxygen atoms in total. The number of hydrogen-bond donors (Lipinski definition) is 3. The number of alkyl halides is 3. The van der Waals surface area contributed by atoms with E-state index in [0.29, 0.717) is 36.2 Å². The average molecular weight is 460 g/mol. The summed E-state index contributed by atoms with van der Waals surface area (Å²) in [6, 6.07) is 4.85. The zero-order valence-electron chi connectivity index (χ0n) is 17.0.